The van der Waals surface area contributed by atoms with Crippen LogP contribution in [0, 0.1) is 0 Å². The van der Waals surface area contributed by atoms with Crippen LogP contribution in [0.5, 0.6) is 0 Å². The number of benzene rings is 3. The van der Waals surface area contributed by atoms with Crippen LogP contribution in [0.25, 0.3) is 16.8 Å². The molecule has 1 heterocycles. The molecule has 0 unspecified atom stereocenters. The zero-order valence-corrected chi connectivity index (χ0v) is 14.8. The van der Waals surface area contributed by atoms with E-state index in [0.29, 0.717) is 17.5 Å². The number of carbonyl (C=O) groups excluding carboxylic acids is 1. The van der Waals surface area contributed by atoms with Gasteiger partial charge >= 0.3 is 5.97 Å². The van der Waals surface area contributed by atoms with Crippen LogP contribution < -0.4 is 0 Å². The number of rotatable bonds is 3. The number of hydrogen-bond donors (Lipinski definition) is 0. The second kappa shape index (κ2) is 6.60. The van der Waals surface area contributed by atoms with Gasteiger partial charge in [-0.05, 0) is 46.0 Å². The number of aliphatic imine (C=N–C) groups is 1. The first-order valence-corrected chi connectivity index (χ1v) is 8.72. The fourth-order valence-electron chi connectivity index (χ4n) is 2.99. The van der Waals surface area contributed by atoms with Gasteiger partial charge in [-0.3, -0.25) is 0 Å². The lowest BCUT2D eigenvalue weighted by Crippen LogP contribution is -2.05. The van der Waals surface area contributed by atoms with Crippen molar-refractivity contribution in [3.05, 3.63) is 89.1 Å². The van der Waals surface area contributed by atoms with Crippen molar-refractivity contribution < 1.29 is 9.53 Å². The number of ether oxygens (including phenoxy) is 1. The van der Waals surface area contributed by atoms with E-state index in [1.807, 2.05) is 54.6 Å². The Morgan fingerprint density at radius 2 is 1.65 bits per heavy atom. The summed E-state index contributed by atoms with van der Waals surface area (Å²) in [5.41, 5.74) is 3.33. The van der Waals surface area contributed by atoms with Crippen LogP contribution in [-0.2, 0) is 9.53 Å². The minimum Gasteiger partial charge on any atom is -0.402 e. The Labute approximate surface area is 152 Å². The molecule has 0 atom stereocenters. The second-order valence-corrected chi connectivity index (χ2v) is 6.72. The highest BCUT2D eigenvalue weighted by Crippen LogP contribution is 2.23. The fraction of sp³-hybridized carbons (Fsp3) is 0.130. The molecule has 0 saturated carbocycles. The fourth-order valence-corrected chi connectivity index (χ4v) is 2.99. The Bertz CT molecular complexity index is 1040. The van der Waals surface area contributed by atoms with Gasteiger partial charge in [0.2, 0.25) is 5.90 Å². The van der Waals surface area contributed by atoms with Crippen LogP contribution in [0.4, 0.5) is 0 Å². The zero-order chi connectivity index (χ0) is 18.1. The molecule has 3 aromatic rings. The average molecular weight is 341 g/mol. The van der Waals surface area contributed by atoms with Crippen molar-refractivity contribution in [2.75, 3.05) is 0 Å². The molecule has 0 bridgehead atoms. The van der Waals surface area contributed by atoms with Crippen LogP contribution in [0.1, 0.15) is 36.5 Å². The van der Waals surface area contributed by atoms with E-state index >= 15 is 0 Å². The number of nitrogens with zero attached hydrogens (tertiary/aromatic N) is 1. The summed E-state index contributed by atoms with van der Waals surface area (Å²) in [6.45, 7) is 4.31. The van der Waals surface area contributed by atoms with Crippen LogP contribution in [-0.4, -0.2) is 11.9 Å². The van der Waals surface area contributed by atoms with Gasteiger partial charge in [0, 0.05) is 5.56 Å². The van der Waals surface area contributed by atoms with Crippen molar-refractivity contribution in [2.45, 2.75) is 19.8 Å². The second-order valence-electron chi connectivity index (χ2n) is 6.72. The van der Waals surface area contributed by atoms with Crippen molar-refractivity contribution in [3.63, 3.8) is 0 Å². The summed E-state index contributed by atoms with van der Waals surface area (Å²) in [6, 6.07) is 22.1. The van der Waals surface area contributed by atoms with Gasteiger partial charge in [0.1, 0.15) is 0 Å². The monoisotopic (exact) mass is 341 g/mol. The Hall–Kier alpha value is -3.20. The largest absolute Gasteiger partial charge is 0.402 e. The van der Waals surface area contributed by atoms with Gasteiger partial charge in [-0.1, -0.05) is 68.4 Å². The van der Waals surface area contributed by atoms with Gasteiger partial charge in [0.15, 0.2) is 5.70 Å². The lowest BCUT2D eigenvalue weighted by atomic mass is 10.0. The van der Waals surface area contributed by atoms with E-state index in [0.717, 1.165) is 21.9 Å². The van der Waals surface area contributed by atoms with Crippen LogP contribution in [0.15, 0.2) is 77.4 Å². The van der Waals surface area contributed by atoms with E-state index < -0.39 is 5.97 Å². The van der Waals surface area contributed by atoms with Gasteiger partial charge in [-0.2, -0.15) is 0 Å². The van der Waals surface area contributed by atoms with Gasteiger partial charge in [-0.25, -0.2) is 9.79 Å². The third-order valence-corrected chi connectivity index (χ3v) is 4.52. The molecule has 3 aromatic carbocycles. The van der Waals surface area contributed by atoms with E-state index in [1.54, 1.807) is 6.08 Å². The molecule has 4 rings (SSSR count). The summed E-state index contributed by atoms with van der Waals surface area (Å²) in [6.07, 6.45) is 1.76. The normalized spacial score (nSPS) is 15.6. The zero-order valence-electron chi connectivity index (χ0n) is 14.8. The first-order valence-electron chi connectivity index (χ1n) is 8.72. The summed E-state index contributed by atoms with van der Waals surface area (Å²) in [5.74, 6) is 0.414. The van der Waals surface area contributed by atoms with Crippen molar-refractivity contribution in [2.24, 2.45) is 4.99 Å². The minimum absolute atomic E-state index is 0.324. The standard InChI is InChI=1S/C23H19NO2/c1-15(2)17-9-7-16(8-10-17)13-21-23(25)26-22(24-21)20-12-11-18-5-3-4-6-19(18)14-20/h3-15H,1-2H3/b21-13-. The molecule has 1 aliphatic rings. The van der Waals surface area contributed by atoms with Crippen LogP contribution in [0.3, 0.4) is 0 Å². The molecular formula is C23H19NO2. The molecule has 0 aromatic heterocycles. The Balaban J connectivity index is 1.65. The highest BCUT2D eigenvalue weighted by atomic mass is 16.6. The molecule has 3 nitrogen and oxygen atoms in total. The van der Waals surface area contributed by atoms with Crippen molar-refractivity contribution >= 4 is 28.7 Å². The maximum atomic E-state index is 12.2. The van der Waals surface area contributed by atoms with Gasteiger partial charge in [0.25, 0.3) is 0 Å². The molecule has 3 heteroatoms. The van der Waals surface area contributed by atoms with Crippen molar-refractivity contribution in [1.29, 1.82) is 0 Å². The number of fused-ring (bicyclic) bond motifs is 1. The highest BCUT2D eigenvalue weighted by Gasteiger charge is 2.24. The molecular weight excluding hydrogens is 322 g/mol. The Kier molecular flexibility index (Phi) is 4.13. The minimum atomic E-state index is -0.416. The Morgan fingerprint density at radius 1 is 0.923 bits per heavy atom. The molecule has 0 fully saturated rings. The van der Waals surface area contributed by atoms with E-state index in [1.165, 1.54) is 5.56 Å². The summed E-state index contributed by atoms with van der Waals surface area (Å²) in [7, 11) is 0. The van der Waals surface area contributed by atoms with Crippen LogP contribution in [0.2, 0.25) is 0 Å². The van der Waals surface area contributed by atoms with Gasteiger partial charge in [-0.15, -0.1) is 0 Å². The summed E-state index contributed by atoms with van der Waals surface area (Å²) >= 11 is 0. The van der Waals surface area contributed by atoms with Gasteiger partial charge < -0.3 is 4.74 Å². The molecule has 0 aliphatic carbocycles. The molecule has 0 saturated heterocycles. The van der Waals surface area contributed by atoms with E-state index in [-0.39, 0.29) is 0 Å². The maximum Gasteiger partial charge on any atom is 0.363 e. The van der Waals surface area contributed by atoms with E-state index in [4.69, 9.17) is 4.74 Å². The summed E-state index contributed by atoms with van der Waals surface area (Å²) in [4.78, 5) is 16.6. The summed E-state index contributed by atoms with van der Waals surface area (Å²) in [5, 5.41) is 2.23. The first kappa shape index (κ1) is 16.3. The van der Waals surface area contributed by atoms with Crippen molar-refractivity contribution in [3.8, 4) is 0 Å². The first-order chi connectivity index (χ1) is 12.6. The Morgan fingerprint density at radius 3 is 2.38 bits per heavy atom. The molecule has 0 amide bonds. The number of carbonyl (C=O) groups is 1. The quantitative estimate of drug-likeness (QED) is 0.478. The average Bonchev–Trinajstić information content (AvgIpc) is 3.02. The third kappa shape index (κ3) is 3.16. The molecule has 26 heavy (non-hydrogen) atoms. The number of esters is 1. The smallest absolute Gasteiger partial charge is 0.363 e. The van der Waals surface area contributed by atoms with Crippen LogP contribution >= 0.6 is 0 Å². The summed E-state index contributed by atoms with van der Waals surface area (Å²) < 4.78 is 5.39. The molecule has 1 aliphatic heterocycles. The van der Waals surface area contributed by atoms with E-state index in [9.17, 15) is 4.79 Å². The van der Waals surface area contributed by atoms with E-state index in [2.05, 4.69) is 31.0 Å². The molecule has 0 N–H and O–H groups in total. The SMILES string of the molecule is CC(C)c1ccc(/C=C2\N=C(c3ccc4ccccc4c3)OC2=O)cc1. The number of cyclic esters (lactones) is 1. The highest BCUT2D eigenvalue weighted by molar-refractivity contribution is 6.13. The predicted molar refractivity (Wildman–Crippen MR) is 105 cm³/mol. The molecule has 128 valence electrons. The molecule has 0 spiro atoms. The predicted octanol–water partition coefficient (Wildman–Crippen LogP) is 5.31. The third-order valence-electron chi connectivity index (χ3n) is 4.52. The maximum absolute atomic E-state index is 12.2. The molecule has 0 radical (unpaired) electrons. The van der Waals surface area contributed by atoms with Gasteiger partial charge in [0.05, 0.1) is 0 Å². The number of hydrogen-bond acceptors (Lipinski definition) is 3. The topological polar surface area (TPSA) is 38.7 Å². The lowest BCUT2D eigenvalue weighted by molar-refractivity contribution is -0.129. The van der Waals surface area contributed by atoms with Crippen molar-refractivity contribution in [1.82, 2.24) is 0 Å². The lowest BCUT2D eigenvalue weighted by Gasteiger charge is -2.04.